The Labute approximate surface area is 81.5 Å². The minimum atomic E-state index is -0.364. The Hall–Kier alpha value is -0.840. The lowest BCUT2D eigenvalue weighted by molar-refractivity contribution is -0.129. The summed E-state index contributed by atoms with van der Waals surface area (Å²) in [6, 6.07) is 0. The maximum atomic E-state index is 10.9. The topological polar surface area (TPSA) is 63.2 Å². The highest BCUT2D eigenvalue weighted by molar-refractivity contribution is 8.13. The van der Waals surface area contributed by atoms with Crippen molar-refractivity contribution in [3.8, 4) is 0 Å². The van der Waals surface area contributed by atoms with Crippen LogP contribution in [0.5, 0.6) is 0 Å². The van der Waals surface area contributed by atoms with Crippen LogP contribution in [0, 0.1) is 0 Å². The maximum Gasteiger partial charge on any atom is 0.227 e. The summed E-state index contributed by atoms with van der Waals surface area (Å²) < 4.78 is 0. The first kappa shape index (κ1) is 12.2. The number of rotatable bonds is 4. The number of thioether (sulfide) groups is 1. The average Bonchev–Trinajstić information content (AvgIpc) is 2.02. The molecule has 0 saturated carbocycles. The molecule has 0 radical (unpaired) electrons. The van der Waals surface area contributed by atoms with E-state index in [1.165, 1.54) is 6.92 Å². The van der Waals surface area contributed by atoms with Gasteiger partial charge in [-0.1, -0.05) is 18.7 Å². The van der Waals surface area contributed by atoms with Crippen molar-refractivity contribution in [2.45, 2.75) is 26.7 Å². The molecule has 0 unspecified atom stereocenters. The minimum absolute atomic E-state index is 0.0654. The minimum Gasteiger partial charge on any atom is -0.297 e. The molecule has 0 aliphatic heterocycles. The molecule has 0 aromatic rings. The summed E-state index contributed by atoms with van der Waals surface area (Å²) in [5.74, 6) is -0.257. The zero-order valence-corrected chi connectivity index (χ0v) is 8.57. The monoisotopic (exact) mass is 203 g/mol. The first-order chi connectivity index (χ1) is 6.06. The van der Waals surface area contributed by atoms with Crippen LogP contribution in [-0.4, -0.2) is 22.7 Å². The fraction of sp³-hybridized carbons (Fsp3) is 0.625. The molecule has 4 nitrogen and oxygen atoms in total. The van der Waals surface area contributed by atoms with Crippen molar-refractivity contribution >= 4 is 28.7 Å². The SMILES string of the molecule is CCC(=O)SCCC(=O)NC(C)=O. The van der Waals surface area contributed by atoms with Crippen molar-refractivity contribution in [2.75, 3.05) is 5.75 Å². The van der Waals surface area contributed by atoms with Crippen molar-refractivity contribution in [1.29, 1.82) is 0 Å². The first-order valence-corrected chi connectivity index (χ1v) is 5.00. The van der Waals surface area contributed by atoms with Gasteiger partial charge in [0, 0.05) is 25.5 Å². The van der Waals surface area contributed by atoms with Crippen LogP contribution in [0.1, 0.15) is 26.7 Å². The van der Waals surface area contributed by atoms with E-state index in [1.54, 1.807) is 6.92 Å². The van der Waals surface area contributed by atoms with Crippen molar-refractivity contribution in [2.24, 2.45) is 0 Å². The lowest BCUT2D eigenvalue weighted by Gasteiger charge is -1.99. The summed E-state index contributed by atoms with van der Waals surface area (Å²) in [6.07, 6.45) is 0.676. The van der Waals surface area contributed by atoms with Crippen LogP contribution in [0.4, 0.5) is 0 Å². The van der Waals surface area contributed by atoms with Crippen molar-refractivity contribution in [3.63, 3.8) is 0 Å². The molecule has 74 valence electrons. The molecular formula is C8H13NO3S. The van der Waals surface area contributed by atoms with E-state index in [0.717, 1.165) is 11.8 Å². The Bertz CT molecular complexity index is 215. The van der Waals surface area contributed by atoms with Crippen molar-refractivity contribution in [3.05, 3.63) is 0 Å². The summed E-state index contributed by atoms with van der Waals surface area (Å²) in [5, 5.41) is 2.20. The van der Waals surface area contributed by atoms with Crippen LogP contribution >= 0.6 is 11.8 Å². The van der Waals surface area contributed by atoms with Gasteiger partial charge in [-0.15, -0.1) is 0 Å². The van der Waals surface area contributed by atoms with E-state index < -0.39 is 0 Å². The van der Waals surface area contributed by atoms with Gasteiger partial charge < -0.3 is 0 Å². The molecule has 0 bridgehead atoms. The van der Waals surface area contributed by atoms with Gasteiger partial charge in [0.15, 0.2) is 5.12 Å². The van der Waals surface area contributed by atoms with E-state index in [2.05, 4.69) is 5.32 Å². The number of imide groups is 1. The molecule has 0 aromatic carbocycles. The predicted molar refractivity (Wildman–Crippen MR) is 51.2 cm³/mol. The second kappa shape index (κ2) is 6.65. The molecule has 5 heteroatoms. The smallest absolute Gasteiger partial charge is 0.227 e. The van der Waals surface area contributed by atoms with Crippen LogP contribution in [0.25, 0.3) is 0 Å². The number of hydrogen-bond acceptors (Lipinski definition) is 4. The lowest BCUT2D eigenvalue weighted by atomic mass is 10.4. The number of nitrogens with one attached hydrogen (secondary N) is 1. The van der Waals surface area contributed by atoms with Crippen LogP contribution in [0.3, 0.4) is 0 Å². The van der Waals surface area contributed by atoms with E-state index in [0.29, 0.717) is 12.2 Å². The van der Waals surface area contributed by atoms with E-state index in [-0.39, 0.29) is 23.4 Å². The van der Waals surface area contributed by atoms with Gasteiger partial charge in [0.2, 0.25) is 11.8 Å². The summed E-state index contributed by atoms with van der Waals surface area (Å²) in [5.41, 5.74) is 0. The molecule has 0 spiro atoms. The van der Waals surface area contributed by atoms with Crippen LogP contribution in [0.2, 0.25) is 0 Å². The number of hydrogen-bond donors (Lipinski definition) is 1. The highest BCUT2D eigenvalue weighted by Crippen LogP contribution is 2.05. The molecule has 0 saturated heterocycles. The summed E-state index contributed by atoms with van der Waals surface area (Å²) in [7, 11) is 0. The van der Waals surface area contributed by atoms with Gasteiger partial charge in [-0.25, -0.2) is 0 Å². The van der Waals surface area contributed by atoms with Crippen LogP contribution in [-0.2, 0) is 14.4 Å². The van der Waals surface area contributed by atoms with E-state index >= 15 is 0 Å². The normalized spacial score (nSPS) is 9.38. The number of carbonyl (C=O) groups is 3. The Balaban J connectivity index is 3.48. The van der Waals surface area contributed by atoms with Gasteiger partial charge in [-0.05, 0) is 0 Å². The number of carbonyl (C=O) groups excluding carboxylic acids is 3. The Morgan fingerprint density at radius 2 is 1.92 bits per heavy atom. The second-order valence-corrected chi connectivity index (χ2v) is 3.58. The maximum absolute atomic E-state index is 10.9. The quantitative estimate of drug-likeness (QED) is 0.731. The molecule has 0 atom stereocenters. The molecule has 0 aliphatic carbocycles. The Morgan fingerprint density at radius 3 is 2.38 bits per heavy atom. The lowest BCUT2D eigenvalue weighted by Crippen LogP contribution is -2.28. The zero-order chi connectivity index (χ0) is 10.3. The molecule has 0 fully saturated rings. The molecule has 2 amide bonds. The Kier molecular flexibility index (Phi) is 6.22. The molecule has 0 aromatic heterocycles. The van der Waals surface area contributed by atoms with Gasteiger partial charge in [0.25, 0.3) is 0 Å². The van der Waals surface area contributed by atoms with Crippen molar-refractivity contribution in [1.82, 2.24) is 5.32 Å². The van der Waals surface area contributed by atoms with E-state index in [1.807, 2.05) is 0 Å². The molecule has 0 heterocycles. The fourth-order valence-electron chi connectivity index (χ4n) is 0.618. The van der Waals surface area contributed by atoms with Crippen LogP contribution < -0.4 is 5.32 Å². The second-order valence-electron chi connectivity index (χ2n) is 2.43. The molecule has 0 aliphatic rings. The van der Waals surface area contributed by atoms with Gasteiger partial charge in [0.05, 0.1) is 0 Å². The molecule has 0 rings (SSSR count). The van der Waals surface area contributed by atoms with Gasteiger partial charge >= 0.3 is 0 Å². The fourth-order valence-corrected chi connectivity index (χ4v) is 1.34. The third-order valence-corrected chi connectivity index (χ3v) is 2.22. The highest BCUT2D eigenvalue weighted by Gasteiger charge is 2.05. The first-order valence-electron chi connectivity index (χ1n) is 4.02. The molecule has 1 N–H and O–H groups in total. The summed E-state index contributed by atoms with van der Waals surface area (Å²) in [6.45, 7) is 3.05. The van der Waals surface area contributed by atoms with E-state index in [4.69, 9.17) is 0 Å². The largest absolute Gasteiger partial charge is 0.297 e. The zero-order valence-electron chi connectivity index (χ0n) is 7.75. The summed E-state index contributed by atoms with van der Waals surface area (Å²) >= 11 is 1.12. The summed E-state index contributed by atoms with van der Waals surface area (Å²) in [4.78, 5) is 32.0. The number of amides is 2. The molecule has 13 heavy (non-hydrogen) atoms. The standard InChI is InChI=1S/C8H13NO3S/c1-3-8(12)13-5-4-7(11)9-6(2)10/h3-5H2,1-2H3,(H,9,10,11). The van der Waals surface area contributed by atoms with Gasteiger partial charge in [-0.3, -0.25) is 19.7 Å². The highest BCUT2D eigenvalue weighted by atomic mass is 32.2. The molecular weight excluding hydrogens is 190 g/mol. The van der Waals surface area contributed by atoms with E-state index in [9.17, 15) is 14.4 Å². The van der Waals surface area contributed by atoms with Crippen LogP contribution in [0.15, 0.2) is 0 Å². The predicted octanol–water partition coefficient (Wildman–Crippen LogP) is 0.709. The van der Waals surface area contributed by atoms with Crippen molar-refractivity contribution < 1.29 is 14.4 Å². The third kappa shape index (κ3) is 7.52. The third-order valence-electron chi connectivity index (χ3n) is 1.20. The van der Waals surface area contributed by atoms with Gasteiger partial charge in [0.1, 0.15) is 0 Å². The average molecular weight is 203 g/mol. The van der Waals surface area contributed by atoms with Gasteiger partial charge in [-0.2, -0.15) is 0 Å². The Morgan fingerprint density at radius 1 is 1.31 bits per heavy atom.